The van der Waals surface area contributed by atoms with Gasteiger partial charge in [0.2, 0.25) is 27.7 Å². The van der Waals surface area contributed by atoms with E-state index >= 15 is 0 Å². The second-order valence-corrected chi connectivity index (χ2v) is 14.6. The van der Waals surface area contributed by atoms with Crippen LogP contribution in [0.1, 0.15) is 30.2 Å². The van der Waals surface area contributed by atoms with Crippen LogP contribution in [-0.2, 0) is 31.0 Å². The molecule has 3 N–H and O–H groups in total. The van der Waals surface area contributed by atoms with Crippen LogP contribution in [0.4, 0.5) is 17.1 Å². The van der Waals surface area contributed by atoms with Crippen LogP contribution in [-0.4, -0.2) is 49.0 Å². The molecule has 2 aliphatic heterocycles. The first-order valence-corrected chi connectivity index (χ1v) is 17.9. The van der Waals surface area contributed by atoms with Crippen molar-refractivity contribution in [3.63, 3.8) is 0 Å². The fourth-order valence-corrected chi connectivity index (χ4v) is 9.29. The summed E-state index contributed by atoms with van der Waals surface area (Å²) in [6, 6.07) is 22.0. The molecule has 3 heterocycles. The average molecular weight is 678 g/mol. The Balaban J connectivity index is 1.37. The number of amides is 3. The number of nitrogens with two attached hydrogens (primary N) is 1. The number of imide groups is 1. The molecule has 3 amide bonds. The number of hydrogen-bond acceptors (Lipinski definition) is 9. The van der Waals surface area contributed by atoms with Gasteiger partial charge in [0.05, 0.1) is 21.5 Å². The van der Waals surface area contributed by atoms with E-state index in [1.807, 2.05) is 30.3 Å². The number of hydrogen-bond donors (Lipinski definition) is 2. The van der Waals surface area contributed by atoms with E-state index in [0.717, 1.165) is 47.4 Å². The smallest absolute Gasteiger partial charge is 0.308 e. The zero-order valence-electron chi connectivity index (χ0n) is 25.0. The van der Waals surface area contributed by atoms with Crippen molar-refractivity contribution in [2.75, 3.05) is 28.2 Å². The molecular weight excluding hydrogens is 647 g/mol. The summed E-state index contributed by atoms with van der Waals surface area (Å²) in [5, 5.41) is 7.51. The summed E-state index contributed by atoms with van der Waals surface area (Å²) in [5.74, 6) is -2.54. The lowest BCUT2D eigenvalue weighted by molar-refractivity contribution is -0.122. The predicted molar refractivity (Wildman–Crippen MR) is 179 cm³/mol. The maximum atomic E-state index is 14.1. The summed E-state index contributed by atoms with van der Waals surface area (Å²) in [5.41, 5.74) is 2.63. The Bertz CT molecular complexity index is 1970. The summed E-state index contributed by atoms with van der Waals surface area (Å²) in [4.78, 5) is 58.1. The minimum atomic E-state index is -3.90. The number of anilines is 3. The largest absolute Gasteiger partial charge is 0.372 e. The zero-order chi connectivity index (χ0) is 32.7. The third-order valence-corrected chi connectivity index (χ3v) is 11.7. The van der Waals surface area contributed by atoms with Crippen molar-refractivity contribution < 1.29 is 22.8 Å². The highest BCUT2D eigenvalue weighted by Crippen LogP contribution is 2.54. The van der Waals surface area contributed by atoms with Crippen LogP contribution in [0.2, 0.25) is 0 Å². The van der Waals surface area contributed by atoms with Crippen molar-refractivity contribution in [1.82, 2.24) is 4.57 Å². The first-order chi connectivity index (χ1) is 22.0. The number of nitrogens with zero attached hydrogens (tertiary/aromatic N) is 3. The maximum Gasteiger partial charge on any atom is 0.308 e. The van der Waals surface area contributed by atoms with E-state index in [1.54, 1.807) is 24.3 Å². The van der Waals surface area contributed by atoms with Gasteiger partial charge in [-0.2, -0.15) is 0 Å². The fourth-order valence-electron chi connectivity index (χ4n) is 6.00. The van der Waals surface area contributed by atoms with Gasteiger partial charge in [0.25, 0.3) is 0 Å². The van der Waals surface area contributed by atoms with Crippen LogP contribution in [0.15, 0.2) is 93.6 Å². The van der Waals surface area contributed by atoms with Crippen LogP contribution in [0.25, 0.3) is 0 Å². The number of thiazole rings is 1. The standard InChI is InChI=1S/C32H31N5O6S3/c1-3-35(4-2)21-14-10-19(11-15-21)25-26-27(30(40)37(29(26)39)22-8-6-5-7-9-22)44-31-28(25)45-32(41)36(31)18-24(38)34-20-12-16-23(17-13-20)46(33,42)43/h5-17,25-27H,3-4,18H2,1-2H3,(H,34,38)(H2,33,42,43)/t25-,26?,27?/m1/s1. The van der Waals surface area contributed by atoms with Gasteiger partial charge >= 0.3 is 4.87 Å². The zero-order valence-corrected chi connectivity index (χ0v) is 27.4. The Morgan fingerprint density at radius 2 is 1.57 bits per heavy atom. The van der Waals surface area contributed by atoms with E-state index in [2.05, 4.69) is 24.1 Å². The molecule has 0 radical (unpaired) electrons. The molecule has 0 spiro atoms. The second-order valence-electron chi connectivity index (χ2n) is 10.9. The van der Waals surface area contributed by atoms with Gasteiger partial charge in [-0.25, -0.2) is 18.5 Å². The van der Waals surface area contributed by atoms with E-state index in [9.17, 15) is 27.6 Å². The lowest BCUT2D eigenvalue weighted by Gasteiger charge is -2.31. The molecule has 238 valence electrons. The number of carbonyl (C=O) groups is 3. The molecule has 1 fully saturated rings. The number of rotatable bonds is 9. The number of benzene rings is 3. The monoisotopic (exact) mass is 677 g/mol. The molecule has 2 aliphatic rings. The third kappa shape index (κ3) is 5.77. The van der Waals surface area contributed by atoms with E-state index in [1.165, 1.54) is 33.7 Å². The Morgan fingerprint density at radius 3 is 2.17 bits per heavy atom. The maximum absolute atomic E-state index is 14.1. The summed E-state index contributed by atoms with van der Waals surface area (Å²) in [7, 11) is -3.90. The molecule has 0 bridgehead atoms. The molecule has 46 heavy (non-hydrogen) atoms. The van der Waals surface area contributed by atoms with Crippen LogP contribution < -0.4 is 25.1 Å². The van der Waals surface area contributed by atoms with Gasteiger partial charge in [-0.1, -0.05) is 53.4 Å². The fraction of sp³-hybridized carbons (Fsp3) is 0.250. The summed E-state index contributed by atoms with van der Waals surface area (Å²) in [6.07, 6.45) is 0. The Labute approximate surface area is 274 Å². The van der Waals surface area contributed by atoms with Crippen molar-refractivity contribution in [2.24, 2.45) is 11.1 Å². The Kier molecular flexibility index (Phi) is 8.63. The lowest BCUT2D eigenvalue weighted by Crippen LogP contribution is -2.33. The Hall–Kier alpha value is -4.24. The number of aromatic nitrogens is 1. The average Bonchev–Trinajstić information content (AvgIpc) is 3.48. The molecule has 11 nitrogen and oxygen atoms in total. The van der Waals surface area contributed by atoms with Crippen LogP contribution in [0.5, 0.6) is 0 Å². The number of thioether (sulfide) groups is 1. The molecule has 3 aromatic carbocycles. The molecule has 1 aromatic heterocycles. The minimum Gasteiger partial charge on any atom is -0.372 e. The van der Waals surface area contributed by atoms with Gasteiger partial charge in [0.1, 0.15) is 11.8 Å². The van der Waals surface area contributed by atoms with E-state index < -0.39 is 33.0 Å². The summed E-state index contributed by atoms with van der Waals surface area (Å²) >= 11 is 2.12. The Morgan fingerprint density at radius 1 is 0.913 bits per heavy atom. The number of carbonyl (C=O) groups excluding carboxylic acids is 3. The highest BCUT2D eigenvalue weighted by atomic mass is 32.2. The third-order valence-electron chi connectivity index (χ3n) is 8.21. The van der Waals surface area contributed by atoms with Crippen LogP contribution in [0.3, 0.4) is 0 Å². The van der Waals surface area contributed by atoms with Crippen molar-refractivity contribution in [3.05, 3.63) is 99.0 Å². The van der Waals surface area contributed by atoms with Gasteiger partial charge in [-0.3, -0.25) is 23.7 Å². The normalized spacial score (nSPS) is 19.1. The molecule has 1 saturated heterocycles. The summed E-state index contributed by atoms with van der Waals surface area (Å²) in [6.45, 7) is 5.45. The van der Waals surface area contributed by atoms with E-state index in [0.29, 0.717) is 21.3 Å². The molecule has 2 unspecified atom stereocenters. The summed E-state index contributed by atoms with van der Waals surface area (Å²) < 4.78 is 24.5. The van der Waals surface area contributed by atoms with Gasteiger partial charge in [0, 0.05) is 35.3 Å². The van der Waals surface area contributed by atoms with Crippen molar-refractivity contribution in [3.8, 4) is 0 Å². The molecule has 0 saturated carbocycles. The quantitative estimate of drug-likeness (QED) is 0.254. The minimum absolute atomic E-state index is 0.101. The first-order valence-electron chi connectivity index (χ1n) is 14.6. The van der Waals surface area contributed by atoms with Gasteiger partial charge < -0.3 is 10.2 Å². The number of sulfonamides is 1. The first kappa shape index (κ1) is 31.7. The highest BCUT2D eigenvalue weighted by molar-refractivity contribution is 8.00. The lowest BCUT2D eigenvalue weighted by atomic mass is 9.83. The molecular formula is C32H31N5O6S3. The van der Waals surface area contributed by atoms with Gasteiger partial charge in [-0.15, -0.1) is 0 Å². The topological polar surface area (TPSA) is 152 Å². The number of para-hydroxylation sites is 1. The number of primary sulfonamides is 1. The van der Waals surface area contributed by atoms with Gasteiger partial charge in [0.15, 0.2) is 0 Å². The molecule has 6 rings (SSSR count). The predicted octanol–water partition coefficient (Wildman–Crippen LogP) is 3.84. The van der Waals surface area contributed by atoms with Gasteiger partial charge in [-0.05, 0) is 67.9 Å². The molecule has 4 aromatic rings. The number of fused-ring (bicyclic) bond motifs is 2. The van der Waals surface area contributed by atoms with E-state index in [-0.39, 0.29) is 28.1 Å². The van der Waals surface area contributed by atoms with Crippen molar-refractivity contribution >= 4 is 67.9 Å². The SMILES string of the molecule is CCN(CC)c1ccc([C@H]2c3sc(=O)n(CC(=O)Nc4ccc(S(N)(=O)=O)cc4)c3SC3C(=O)N(c4ccccc4)C(=O)C32)cc1. The number of nitrogens with one attached hydrogen (secondary N) is 1. The van der Waals surface area contributed by atoms with Crippen molar-refractivity contribution in [1.29, 1.82) is 0 Å². The highest BCUT2D eigenvalue weighted by Gasteiger charge is 2.56. The molecule has 3 atom stereocenters. The van der Waals surface area contributed by atoms with Crippen molar-refractivity contribution in [2.45, 2.75) is 41.5 Å². The molecule has 14 heteroatoms. The van der Waals surface area contributed by atoms with Crippen LogP contribution >= 0.6 is 23.1 Å². The van der Waals surface area contributed by atoms with E-state index in [4.69, 9.17) is 5.14 Å². The molecule has 0 aliphatic carbocycles. The van der Waals surface area contributed by atoms with Crippen LogP contribution in [0, 0.1) is 5.92 Å². The second kappa shape index (κ2) is 12.5.